The SMILES string of the molecule is Nc1nc2cnc(C(=O)N3CC[C@H]4C[C@@H]3c3c(F)cc(C(F)(F)F)cc3O4)cc2c2c1COC2. The number of nitrogens with two attached hydrogens (primary N) is 1. The Labute approximate surface area is 190 Å². The van der Waals surface area contributed by atoms with Gasteiger partial charge in [-0.25, -0.2) is 14.4 Å². The third kappa shape index (κ3) is 3.17. The molecule has 1 amide bonds. The van der Waals surface area contributed by atoms with E-state index in [1.807, 2.05) is 0 Å². The average molecular weight is 474 g/mol. The van der Waals surface area contributed by atoms with Crippen molar-refractivity contribution in [3.8, 4) is 5.75 Å². The highest BCUT2D eigenvalue weighted by Crippen LogP contribution is 2.46. The summed E-state index contributed by atoms with van der Waals surface area (Å²) in [6, 6.07) is 2.12. The lowest BCUT2D eigenvalue weighted by atomic mass is 9.88. The molecule has 6 rings (SSSR count). The van der Waals surface area contributed by atoms with Crippen LogP contribution in [0.1, 0.15) is 51.6 Å². The minimum absolute atomic E-state index is 0.0400. The molecule has 3 aliphatic rings. The first-order valence-electron chi connectivity index (χ1n) is 10.7. The van der Waals surface area contributed by atoms with Gasteiger partial charge in [0, 0.05) is 30.3 Å². The van der Waals surface area contributed by atoms with Gasteiger partial charge in [-0.1, -0.05) is 0 Å². The highest BCUT2D eigenvalue weighted by molar-refractivity contribution is 5.97. The van der Waals surface area contributed by atoms with E-state index in [2.05, 4.69) is 9.97 Å². The van der Waals surface area contributed by atoms with E-state index in [0.717, 1.165) is 17.2 Å². The molecule has 2 bridgehead atoms. The number of piperidine rings is 1. The van der Waals surface area contributed by atoms with Crippen LogP contribution >= 0.6 is 0 Å². The fourth-order valence-electron chi connectivity index (χ4n) is 5.05. The highest BCUT2D eigenvalue weighted by atomic mass is 19.4. The Balaban J connectivity index is 1.40. The minimum Gasteiger partial charge on any atom is -0.490 e. The maximum absolute atomic E-state index is 14.9. The second kappa shape index (κ2) is 7.26. The van der Waals surface area contributed by atoms with E-state index in [9.17, 15) is 22.4 Å². The van der Waals surface area contributed by atoms with Crippen LogP contribution in [0.5, 0.6) is 5.75 Å². The second-order valence-electron chi connectivity index (χ2n) is 8.68. The zero-order chi connectivity index (χ0) is 23.8. The Morgan fingerprint density at radius 2 is 1.97 bits per heavy atom. The van der Waals surface area contributed by atoms with Crippen LogP contribution < -0.4 is 10.5 Å². The summed E-state index contributed by atoms with van der Waals surface area (Å²) in [7, 11) is 0. The van der Waals surface area contributed by atoms with E-state index in [4.69, 9.17) is 15.2 Å². The van der Waals surface area contributed by atoms with E-state index in [1.54, 1.807) is 6.07 Å². The largest absolute Gasteiger partial charge is 0.490 e. The third-order valence-electron chi connectivity index (χ3n) is 6.70. The Bertz CT molecular complexity index is 1360. The number of likely N-dealkylation sites (tertiary alicyclic amines) is 1. The van der Waals surface area contributed by atoms with Crippen LogP contribution in [-0.4, -0.2) is 33.4 Å². The number of anilines is 1. The van der Waals surface area contributed by atoms with Crippen molar-refractivity contribution in [2.75, 3.05) is 12.3 Å². The number of nitrogens with zero attached hydrogens (tertiary/aromatic N) is 3. The summed E-state index contributed by atoms with van der Waals surface area (Å²) < 4.78 is 65.6. The highest BCUT2D eigenvalue weighted by Gasteiger charge is 2.43. The van der Waals surface area contributed by atoms with E-state index >= 15 is 0 Å². The normalized spacial score (nSPS) is 21.2. The summed E-state index contributed by atoms with van der Waals surface area (Å²) in [5.74, 6) is -1.31. The van der Waals surface area contributed by atoms with E-state index in [1.165, 1.54) is 11.1 Å². The number of halogens is 4. The average Bonchev–Trinajstić information content (AvgIpc) is 3.29. The molecular weight excluding hydrogens is 456 g/mol. The smallest absolute Gasteiger partial charge is 0.416 e. The van der Waals surface area contributed by atoms with Crippen LogP contribution in [0.4, 0.5) is 23.4 Å². The van der Waals surface area contributed by atoms with E-state index in [-0.39, 0.29) is 30.0 Å². The number of alkyl halides is 3. The predicted molar refractivity (Wildman–Crippen MR) is 111 cm³/mol. The minimum atomic E-state index is -4.71. The Hall–Kier alpha value is -3.47. The Morgan fingerprint density at radius 3 is 2.76 bits per heavy atom. The molecule has 11 heteroatoms. The molecule has 3 aromatic rings. The molecule has 1 saturated heterocycles. The van der Waals surface area contributed by atoms with Gasteiger partial charge in [0.1, 0.15) is 29.2 Å². The van der Waals surface area contributed by atoms with Crippen LogP contribution in [0.2, 0.25) is 0 Å². The summed E-state index contributed by atoms with van der Waals surface area (Å²) in [5, 5.41) is 0.698. The van der Waals surface area contributed by atoms with Crippen molar-refractivity contribution in [2.24, 2.45) is 0 Å². The van der Waals surface area contributed by atoms with Gasteiger partial charge in [-0.2, -0.15) is 13.2 Å². The number of hydrogen-bond donors (Lipinski definition) is 1. The van der Waals surface area contributed by atoms with Crippen LogP contribution in [0.25, 0.3) is 10.9 Å². The lowest BCUT2D eigenvalue weighted by molar-refractivity contribution is -0.138. The molecule has 2 aromatic heterocycles. The van der Waals surface area contributed by atoms with Gasteiger partial charge in [0.25, 0.3) is 5.91 Å². The van der Waals surface area contributed by atoms with Crippen molar-refractivity contribution in [3.05, 3.63) is 58.2 Å². The number of carbonyl (C=O) groups excluding carboxylic acids is 1. The molecule has 5 heterocycles. The maximum atomic E-state index is 14.9. The summed E-state index contributed by atoms with van der Waals surface area (Å²) in [6.45, 7) is 0.929. The van der Waals surface area contributed by atoms with Crippen molar-refractivity contribution < 1.29 is 31.8 Å². The molecule has 34 heavy (non-hydrogen) atoms. The van der Waals surface area contributed by atoms with Gasteiger partial charge >= 0.3 is 6.18 Å². The van der Waals surface area contributed by atoms with Gasteiger partial charge in [-0.05, 0) is 23.8 Å². The van der Waals surface area contributed by atoms with Gasteiger partial charge < -0.3 is 20.1 Å². The van der Waals surface area contributed by atoms with Gasteiger partial charge in [-0.15, -0.1) is 0 Å². The summed E-state index contributed by atoms with van der Waals surface area (Å²) in [4.78, 5) is 23.6. The topological polar surface area (TPSA) is 90.6 Å². The van der Waals surface area contributed by atoms with Gasteiger partial charge in [0.2, 0.25) is 0 Å². The third-order valence-corrected chi connectivity index (χ3v) is 6.70. The molecule has 0 aliphatic carbocycles. The van der Waals surface area contributed by atoms with E-state index < -0.39 is 35.6 Å². The molecule has 3 aliphatic heterocycles. The number of aromatic nitrogens is 2. The number of amides is 1. The van der Waals surface area contributed by atoms with E-state index in [0.29, 0.717) is 42.4 Å². The number of pyridine rings is 2. The quantitative estimate of drug-likeness (QED) is 0.534. The van der Waals surface area contributed by atoms with Crippen molar-refractivity contribution in [1.29, 1.82) is 0 Å². The fraction of sp³-hybridized carbons (Fsp3) is 0.348. The molecule has 1 aromatic carbocycles. The molecule has 0 spiro atoms. The van der Waals surface area contributed by atoms with Gasteiger partial charge in [0.15, 0.2) is 0 Å². The number of nitrogen functional groups attached to an aromatic ring is 1. The molecule has 0 radical (unpaired) electrons. The number of hydrogen-bond acceptors (Lipinski definition) is 6. The maximum Gasteiger partial charge on any atom is 0.416 e. The lowest BCUT2D eigenvalue weighted by Gasteiger charge is -2.44. The standard InChI is InChI=1S/C23H18F4N4O3/c24-15-3-10(23(25,26)27)4-19-20(15)18-5-11(34-19)1-2-31(18)22(32)16-6-12-13-8-33-9-14(13)21(28)30-17(12)7-29-16/h3-4,6-7,11,18H,1-2,5,8-9H2,(H2,28,30)/t11-,18+/m0/s1. The van der Waals surface area contributed by atoms with Gasteiger partial charge in [0.05, 0.1) is 42.1 Å². The molecule has 1 fully saturated rings. The zero-order valence-electron chi connectivity index (χ0n) is 17.7. The van der Waals surface area contributed by atoms with Crippen LogP contribution in [0.3, 0.4) is 0 Å². The molecule has 176 valence electrons. The lowest BCUT2D eigenvalue weighted by Crippen LogP contribution is -2.47. The van der Waals surface area contributed by atoms with Crippen molar-refractivity contribution in [2.45, 2.75) is 44.4 Å². The van der Waals surface area contributed by atoms with Crippen molar-refractivity contribution >= 4 is 22.6 Å². The number of rotatable bonds is 1. The van der Waals surface area contributed by atoms with Crippen LogP contribution in [-0.2, 0) is 24.1 Å². The van der Waals surface area contributed by atoms with Gasteiger partial charge in [-0.3, -0.25) is 4.79 Å². The molecule has 0 saturated carbocycles. The second-order valence-corrected chi connectivity index (χ2v) is 8.68. The first kappa shape index (κ1) is 21.1. The molecule has 2 N–H and O–H groups in total. The number of carbonyl (C=O) groups is 1. The molecule has 0 unspecified atom stereocenters. The summed E-state index contributed by atoms with van der Waals surface area (Å²) >= 11 is 0. The van der Waals surface area contributed by atoms with Crippen molar-refractivity contribution in [3.63, 3.8) is 0 Å². The number of fused-ring (bicyclic) bond motifs is 7. The first-order chi connectivity index (χ1) is 16.2. The Morgan fingerprint density at radius 1 is 1.18 bits per heavy atom. The number of ether oxygens (including phenoxy) is 2. The number of benzene rings is 1. The first-order valence-corrected chi connectivity index (χ1v) is 10.7. The zero-order valence-corrected chi connectivity index (χ0v) is 17.7. The van der Waals surface area contributed by atoms with Crippen LogP contribution in [0, 0.1) is 5.82 Å². The molecule has 7 nitrogen and oxygen atoms in total. The fourth-order valence-corrected chi connectivity index (χ4v) is 5.05. The summed E-state index contributed by atoms with van der Waals surface area (Å²) in [5.41, 5.74) is 7.11. The monoisotopic (exact) mass is 474 g/mol. The predicted octanol–water partition coefficient (Wildman–Crippen LogP) is 4.14. The van der Waals surface area contributed by atoms with Crippen molar-refractivity contribution in [1.82, 2.24) is 14.9 Å². The van der Waals surface area contributed by atoms with Crippen LogP contribution in [0.15, 0.2) is 24.4 Å². The molecule has 2 atom stereocenters. The Kier molecular flexibility index (Phi) is 4.50. The molecular formula is C23H18F4N4O3. The summed E-state index contributed by atoms with van der Waals surface area (Å²) in [6.07, 6.45) is -2.96.